The minimum absolute atomic E-state index is 0. The van der Waals surface area contributed by atoms with Gasteiger partial charge < -0.3 is 14.1 Å². The van der Waals surface area contributed by atoms with Gasteiger partial charge in [-0.05, 0) is 18.2 Å². The molecule has 2 heterocycles. The predicted octanol–water partition coefficient (Wildman–Crippen LogP) is 4.84. The molecule has 142 valence electrons. The van der Waals surface area contributed by atoms with Gasteiger partial charge in [0.25, 0.3) is 0 Å². The van der Waals surface area contributed by atoms with Crippen molar-refractivity contribution in [1.29, 1.82) is 0 Å². The molecule has 27 heavy (non-hydrogen) atoms. The van der Waals surface area contributed by atoms with Crippen molar-refractivity contribution in [2.24, 2.45) is 0 Å². The molecule has 2 aromatic carbocycles. The summed E-state index contributed by atoms with van der Waals surface area (Å²) in [5, 5.41) is 1.11. The molecule has 0 N–H and O–H groups in total. The first kappa shape index (κ1) is 19.3. The number of anilines is 1. The molecule has 1 aliphatic heterocycles. The average molecular weight is 385 g/mol. The molecule has 0 aliphatic carbocycles. The Morgan fingerprint density at radius 2 is 1.81 bits per heavy atom. The average Bonchev–Trinajstić information content (AvgIpc) is 3.08. The van der Waals surface area contributed by atoms with Crippen molar-refractivity contribution in [3.05, 3.63) is 61.2 Å². The molecule has 5 heteroatoms. The van der Waals surface area contributed by atoms with Crippen LogP contribution in [0.1, 0.15) is 0 Å². The van der Waals surface area contributed by atoms with Crippen LogP contribution in [0.5, 0.6) is 5.75 Å². The van der Waals surface area contributed by atoms with E-state index < -0.39 is 0 Å². The zero-order chi connectivity index (χ0) is 17.9. The van der Waals surface area contributed by atoms with E-state index in [-0.39, 0.29) is 12.4 Å². The Morgan fingerprint density at radius 1 is 1.07 bits per heavy atom. The summed E-state index contributed by atoms with van der Waals surface area (Å²) in [6.07, 6.45) is 1.98. The third kappa shape index (κ3) is 3.82. The lowest BCUT2D eigenvalue weighted by Gasteiger charge is -2.35. The summed E-state index contributed by atoms with van der Waals surface area (Å²) in [5.41, 5.74) is 3.17. The first-order chi connectivity index (χ1) is 12.8. The third-order valence-electron chi connectivity index (χ3n) is 4.98. The number of piperazine rings is 1. The van der Waals surface area contributed by atoms with Crippen molar-refractivity contribution in [2.75, 3.05) is 44.7 Å². The van der Waals surface area contributed by atoms with E-state index in [0.29, 0.717) is 0 Å². The first-order valence-corrected chi connectivity index (χ1v) is 9.04. The second kappa shape index (κ2) is 8.51. The van der Waals surface area contributed by atoms with E-state index in [0.717, 1.165) is 60.8 Å². The molecule has 0 unspecified atom stereocenters. The van der Waals surface area contributed by atoms with Gasteiger partial charge in [0.1, 0.15) is 11.3 Å². The lowest BCUT2D eigenvalue weighted by molar-refractivity contribution is 0.284. The highest BCUT2D eigenvalue weighted by Gasteiger charge is 2.25. The molecule has 0 amide bonds. The van der Waals surface area contributed by atoms with E-state index in [1.54, 1.807) is 7.11 Å². The topological polar surface area (TPSA) is 28.9 Å². The van der Waals surface area contributed by atoms with Crippen LogP contribution in [0.3, 0.4) is 0 Å². The highest BCUT2D eigenvalue weighted by molar-refractivity contribution is 6.00. The fourth-order valence-corrected chi connectivity index (χ4v) is 3.63. The molecular formula is C22H25ClN2O2. The van der Waals surface area contributed by atoms with Crippen LogP contribution < -0.4 is 9.64 Å². The molecule has 4 rings (SSSR count). The summed E-state index contributed by atoms with van der Waals surface area (Å²) in [5.74, 6) is 1.79. The molecule has 0 bridgehead atoms. The second-order valence-corrected chi connectivity index (χ2v) is 6.58. The fraction of sp³-hybridized carbons (Fsp3) is 0.273. The number of furan rings is 1. The van der Waals surface area contributed by atoms with E-state index >= 15 is 0 Å². The smallest absolute Gasteiger partial charge is 0.158 e. The molecule has 0 radical (unpaired) electrons. The third-order valence-corrected chi connectivity index (χ3v) is 4.98. The predicted molar refractivity (Wildman–Crippen MR) is 114 cm³/mol. The highest BCUT2D eigenvalue weighted by atomic mass is 35.5. The highest BCUT2D eigenvalue weighted by Crippen LogP contribution is 2.42. The van der Waals surface area contributed by atoms with Crippen molar-refractivity contribution in [1.82, 2.24) is 4.90 Å². The summed E-state index contributed by atoms with van der Waals surface area (Å²) < 4.78 is 11.7. The molecule has 1 fully saturated rings. The standard InChI is InChI=1S/C22H24N2O2.ClH/c1-3-11-23-12-14-24(15-13-23)21-19-16-18(25-2)9-10-20(19)26-22(21)17-7-5-4-6-8-17;/h3-10,16H,1,11-15H2,2H3;1H. The number of rotatable bonds is 5. The Bertz CT molecular complexity index is 899. The number of hydrogen-bond acceptors (Lipinski definition) is 4. The van der Waals surface area contributed by atoms with Crippen molar-refractivity contribution in [3.8, 4) is 17.1 Å². The van der Waals surface area contributed by atoms with Crippen LogP contribution in [0, 0.1) is 0 Å². The number of halogens is 1. The molecule has 0 saturated carbocycles. The van der Waals surface area contributed by atoms with Gasteiger partial charge in [0.15, 0.2) is 5.76 Å². The second-order valence-electron chi connectivity index (χ2n) is 6.58. The van der Waals surface area contributed by atoms with Gasteiger partial charge in [0.2, 0.25) is 0 Å². The number of nitrogens with zero attached hydrogens (tertiary/aromatic N) is 2. The van der Waals surface area contributed by atoms with Gasteiger partial charge in [0, 0.05) is 43.7 Å². The Balaban J connectivity index is 0.00000210. The maximum atomic E-state index is 6.29. The summed E-state index contributed by atoms with van der Waals surface area (Å²) in [7, 11) is 1.70. The van der Waals surface area contributed by atoms with Crippen LogP contribution in [-0.2, 0) is 0 Å². The van der Waals surface area contributed by atoms with Crippen LogP contribution in [0.2, 0.25) is 0 Å². The molecule has 1 saturated heterocycles. The van der Waals surface area contributed by atoms with Crippen molar-refractivity contribution >= 4 is 29.1 Å². The summed E-state index contributed by atoms with van der Waals surface area (Å²) >= 11 is 0. The largest absolute Gasteiger partial charge is 0.497 e. The van der Waals surface area contributed by atoms with Crippen LogP contribution in [0.4, 0.5) is 5.69 Å². The number of benzene rings is 2. The van der Waals surface area contributed by atoms with E-state index in [9.17, 15) is 0 Å². The van der Waals surface area contributed by atoms with Gasteiger partial charge in [-0.15, -0.1) is 19.0 Å². The van der Waals surface area contributed by atoms with Crippen molar-refractivity contribution in [3.63, 3.8) is 0 Å². The molecule has 4 nitrogen and oxygen atoms in total. The van der Waals surface area contributed by atoms with Crippen molar-refractivity contribution in [2.45, 2.75) is 0 Å². The van der Waals surface area contributed by atoms with Gasteiger partial charge in [-0.25, -0.2) is 0 Å². The fourth-order valence-electron chi connectivity index (χ4n) is 3.63. The number of hydrogen-bond donors (Lipinski definition) is 0. The van der Waals surface area contributed by atoms with E-state index in [4.69, 9.17) is 9.15 Å². The van der Waals surface area contributed by atoms with E-state index in [1.807, 2.05) is 24.3 Å². The van der Waals surface area contributed by atoms with Gasteiger partial charge in [-0.1, -0.05) is 36.4 Å². The van der Waals surface area contributed by atoms with Crippen molar-refractivity contribution < 1.29 is 9.15 Å². The number of methoxy groups -OCH3 is 1. The molecule has 3 aromatic rings. The van der Waals surface area contributed by atoms with Crippen LogP contribution in [0.15, 0.2) is 65.6 Å². The van der Waals surface area contributed by atoms with Crippen LogP contribution in [0.25, 0.3) is 22.3 Å². The number of fused-ring (bicyclic) bond motifs is 1. The first-order valence-electron chi connectivity index (χ1n) is 9.04. The quantitative estimate of drug-likeness (QED) is 0.588. The monoisotopic (exact) mass is 384 g/mol. The zero-order valence-corrected chi connectivity index (χ0v) is 16.4. The lowest BCUT2D eigenvalue weighted by atomic mass is 10.1. The van der Waals surface area contributed by atoms with Gasteiger partial charge in [-0.2, -0.15) is 0 Å². The van der Waals surface area contributed by atoms with E-state index in [1.165, 1.54) is 5.69 Å². The van der Waals surface area contributed by atoms with Gasteiger partial charge in [0.05, 0.1) is 12.8 Å². The van der Waals surface area contributed by atoms with Gasteiger partial charge in [-0.3, -0.25) is 4.90 Å². The maximum Gasteiger partial charge on any atom is 0.158 e. The zero-order valence-electron chi connectivity index (χ0n) is 15.6. The Morgan fingerprint density at radius 3 is 2.48 bits per heavy atom. The Labute approximate surface area is 166 Å². The normalized spacial score (nSPS) is 14.8. The van der Waals surface area contributed by atoms with E-state index in [2.05, 4.69) is 46.7 Å². The van der Waals surface area contributed by atoms with Crippen LogP contribution in [-0.4, -0.2) is 44.7 Å². The summed E-state index contributed by atoms with van der Waals surface area (Å²) in [6.45, 7) is 8.79. The molecule has 1 aromatic heterocycles. The molecule has 1 aliphatic rings. The minimum atomic E-state index is 0. The lowest BCUT2D eigenvalue weighted by Crippen LogP contribution is -2.46. The number of ether oxygens (including phenoxy) is 1. The van der Waals surface area contributed by atoms with Crippen LogP contribution >= 0.6 is 12.4 Å². The maximum absolute atomic E-state index is 6.29. The Kier molecular flexibility index (Phi) is 6.09. The SMILES string of the molecule is C=CCN1CCN(c2c(-c3ccccc3)oc3ccc(OC)cc23)CC1.Cl. The molecule has 0 spiro atoms. The molecular weight excluding hydrogens is 360 g/mol. The Hall–Kier alpha value is -2.43. The van der Waals surface area contributed by atoms with Gasteiger partial charge >= 0.3 is 0 Å². The summed E-state index contributed by atoms with van der Waals surface area (Å²) in [6, 6.07) is 16.4. The minimum Gasteiger partial charge on any atom is -0.497 e. The summed E-state index contributed by atoms with van der Waals surface area (Å²) in [4.78, 5) is 4.86. The molecule has 0 atom stereocenters.